The Labute approximate surface area is 136 Å². The number of rotatable bonds is 6. The Bertz CT molecular complexity index is 621. The number of aryl methyl sites for hydroxylation is 2. The van der Waals surface area contributed by atoms with Crippen molar-refractivity contribution >= 4 is 0 Å². The maximum absolute atomic E-state index is 5.98. The van der Waals surface area contributed by atoms with E-state index in [1.54, 1.807) is 17.1 Å². The maximum atomic E-state index is 5.98. The van der Waals surface area contributed by atoms with Gasteiger partial charge in [-0.25, -0.2) is 4.68 Å². The highest BCUT2D eigenvalue weighted by Gasteiger charge is 2.17. The number of nitrogens with zero attached hydrogens (tertiary/aromatic N) is 3. The number of nitrogens with one attached hydrogen (secondary N) is 1. The fourth-order valence-corrected chi connectivity index (χ4v) is 2.90. The average molecular weight is 316 g/mol. The lowest BCUT2D eigenvalue weighted by atomic mass is 10.0. The van der Waals surface area contributed by atoms with Crippen molar-refractivity contribution in [3.05, 3.63) is 35.8 Å². The Kier molecular flexibility index (Phi) is 5.25. The molecule has 3 heterocycles. The van der Waals surface area contributed by atoms with Gasteiger partial charge in [0, 0.05) is 32.9 Å². The van der Waals surface area contributed by atoms with Gasteiger partial charge in [0.15, 0.2) is 0 Å². The van der Waals surface area contributed by atoms with Crippen LogP contribution in [0.2, 0.25) is 0 Å². The van der Waals surface area contributed by atoms with Crippen molar-refractivity contribution in [1.82, 2.24) is 20.1 Å². The first kappa shape index (κ1) is 16.0. The second kappa shape index (κ2) is 7.57. The van der Waals surface area contributed by atoms with Gasteiger partial charge in [0.25, 0.3) is 0 Å². The van der Waals surface area contributed by atoms with Gasteiger partial charge in [0.05, 0.1) is 24.1 Å². The molecule has 1 aliphatic rings. The minimum atomic E-state index is 0.600. The van der Waals surface area contributed by atoms with E-state index >= 15 is 0 Å². The number of hydrogen-bond donors (Lipinski definition) is 1. The van der Waals surface area contributed by atoms with E-state index in [0.717, 1.165) is 55.6 Å². The Morgan fingerprint density at radius 2 is 2.39 bits per heavy atom. The van der Waals surface area contributed by atoms with Crippen LogP contribution >= 0.6 is 0 Å². The van der Waals surface area contributed by atoms with E-state index < -0.39 is 0 Å². The molecule has 1 atom stereocenters. The van der Waals surface area contributed by atoms with Crippen molar-refractivity contribution in [3.63, 3.8) is 0 Å². The number of pyridine rings is 1. The molecule has 2 aromatic heterocycles. The molecule has 0 radical (unpaired) electrons. The zero-order chi connectivity index (χ0) is 16.1. The average Bonchev–Trinajstić information content (AvgIpc) is 2.84. The van der Waals surface area contributed by atoms with E-state index in [0.29, 0.717) is 5.92 Å². The van der Waals surface area contributed by atoms with Crippen molar-refractivity contribution in [1.29, 1.82) is 0 Å². The summed E-state index contributed by atoms with van der Waals surface area (Å²) in [5, 5.41) is 8.00. The summed E-state index contributed by atoms with van der Waals surface area (Å²) in [6, 6.07) is 3.76. The lowest BCUT2D eigenvalue weighted by Crippen LogP contribution is -2.29. The van der Waals surface area contributed by atoms with Crippen LogP contribution in [0, 0.1) is 12.8 Å². The molecule has 6 heteroatoms. The van der Waals surface area contributed by atoms with Crippen LogP contribution in [-0.2, 0) is 18.3 Å². The highest BCUT2D eigenvalue weighted by molar-refractivity contribution is 5.34. The molecular formula is C17H24N4O2. The molecule has 0 saturated carbocycles. The van der Waals surface area contributed by atoms with Gasteiger partial charge >= 0.3 is 0 Å². The van der Waals surface area contributed by atoms with Crippen LogP contribution in [0.1, 0.15) is 24.1 Å². The number of ether oxygens (including phenoxy) is 2. The molecule has 1 fully saturated rings. The molecule has 1 aliphatic heterocycles. The molecule has 23 heavy (non-hydrogen) atoms. The molecule has 2 aromatic rings. The standard InChI is InChI=1S/C17H24N4O2/c1-13-16(11-19-9-14-5-4-8-22-12-14)17(21(2)20-13)23-15-6-3-7-18-10-15/h3,6-7,10,14,19H,4-5,8-9,11-12H2,1-2H3/t14-/m0/s1. The fourth-order valence-electron chi connectivity index (χ4n) is 2.90. The van der Waals surface area contributed by atoms with E-state index in [9.17, 15) is 0 Å². The lowest BCUT2D eigenvalue weighted by molar-refractivity contribution is 0.0547. The van der Waals surface area contributed by atoms with E-state index in [-0.39, 0.29) is 0 Å². The zero-order valence-corrected chi connectivity index (χ0v) is 13.8. The third-order valence-electron chi connectivity index (χ3n) is 4.13. The number of aromatic nitrogens is 3. The first-order valence-electron chi connectivity index (χ1n) is 8.13. The summed E-state index contributed by atoms with van der Waals surface area (Å²) >= 11 is 0. The molecule has 1 N–H and O–H groups in total. The van der Waals surface area contributed by atoms with Crippen molar-refractivity contribution in [2.75, 3.05) is 19.8 Å². The first-order valence-corrected chi connectivity index (χ1v) is 8.13. The van der Waals surface area contributed by atoms with Crippen LogP contribution in [-0.4, -0.2) is 34.5 Å². The second-order valence-electron chi connectivity index (χ2n) is 6.00. The molecule has 1 saturated heterocycles. The Balaban J connectivity index is 1.64. The molecule has 0 bridgehead atoms. The molecule has 0 aromatic carbocycles. The van der Waals surface area contributed by atoms with E-state index in [1.165, 1.54) is 6.42 Å². The topological polar surface area (TPSA) is 61.2 Å². The van der Waals surface area contributed by atoms with Gasteiger partial charge in [0.2, 0.25) is 5.88 Å². The second-order valence-corrected chi connectivity index (χ2v) is 6.00. The van der Waals surface area contributed by atoms with Crippen LogP contribution < -0.4 is 10.1 Å². The molecule has 0 amide bonds. The van der Waals surface area contributed by atoms with Crippen LogP contribution in [0.5, 0.6) is 11.6 Å². The largest absolute Gasteiger partial charge is 0.437 e. The minimum absolute atomic E-state index is 0.600. The molecule has 0 spiro atoms. The van der Waals surface area contributed by atoms with Gasteiger partial charge < -0.3 is 14.8 Å². The van der Waals surface area contributed by atoms with Crippen LogP contribution in [0.3, 0.4) is 0 Å². The summed E-state index contributed by atoms with van der Waals surface area (Å²) in [4.78, 5) is 4.09. The molecule has 0 unspecified atom stereocenters. The molecular weight excluding hydrogens is 292 g/mol. The highest BCUT2D eigenvalue weighted by Crippen LogP contribution is 2.26. The zero-order valence-electron chi connectivity index (χ0n) is 13.8. The molecule has 6 nitrogen and oxygen atoms in total. The molecule has 0 aliphatic carbocycles. The summed E-state index contributed by atoms with van der Waals surface area (Å²) in [6.45, 7) is 5.47. The van der Waals surface area contributed by atoms with Gasteiger partial charge in [-0.05, 0) is 37.8 Å². The predicted molar refractivity (Wildman–Crippen MR) is 87.5 cm³/mol. The maximum Gasteiger partial charge on any atom is 0.222 e. The Morgan fingerprint density at radius 1 is 1.48 bits per heavy atom. The van der Waals surface area contributed by atoms with Crippen LogP contribution in [0.25, 0.3) is 0 Å². The van der Waals surface area contributed by atoms with Crippen LogP contribution in [0.15, 0.2) is 24.5 Å². The molecule has 124 valence electrons. The highest BCUT2D eigenvalue weighted by atomic mass is 16.5. The van der Waals surface area contributed by atoms with Gasteiger partial charge in [-0.3, -0.25) is 4.98 Å². The van der Waals surface area contributed by atoms with E-state index in [4.69, 9.17) is 9.47 Å². The van der Waals surface area contributed by atoms with Crippen molar-refractivity contribution in [2.45, 2.75) is 26.3 Å². The van der Waals surface area contributed by atoms with Crippen molar-refractivity contribution in [2.24, 2.45) is 13.0 Å². The van der Waals surface area contributed by atoms with Gasteiger partial charge in [-0.1, -0.05) is 0 Å². The summed E-state index contributed by atoms with van der Waals surface area (Å²) < 4.78 is 13.3. The van der Waals surface area contributed by atoms with E-state index in [2.05, 4.69) is 15.4 Å². The number of hydrogen-bond acceptors (Lipinski definition) is 5. The molecule has 3 rings (SSSR count). The minimum Gasteiger partial charge on any atom is -0.437 e. The van der Waals surface area contributed by atoms with Crippen molar-refractivity contribution < 1.29 is 9.47 Å². The first-order chi connectivity index (χ1) is 11.2. The fraction of sp³-hybridized carbons (Fsp3) is 0.529. The smallest absolute Gasteiger partial charge is 0.222 e. The Hall–Kier alpha value is -1.92. The predicted octanol–water partition coefficient (Wildman–Crippen LogP) is 2.43. The van der Waals surface area contributed by atoms with E-state index in [1.807, 2.05) is 26.1 Å². The summed E-state index contributed by atoms with van der Waals surface area (Å²) in [7, 11) is 1.90. The van der Waals surface area contributed by atoms with Gasteiger partial charge in [0.1, 0.15) is 5.75 Å². The van der Waals surface area contributed by atoms with Crippen molar-refractivity contribution in [3.8, 4) is 11.6 Å². The summed E-state index contributed by atoms with van der Waals surface area (Å²) in [5.41, 5.74) is 2.08. The monoisotopic (exact) mass is 316 g/mol. The summed E-state index contributed by atoms with van der Waals surface area (Å²) in [6.07, 6.45) is 5.83. The summed E-state index contributed by atoms with van der Waals surface area (Å²) in [5.74, 6) is 2.09. The third kappa shape index (κ3) is 4.09. The van der Waals surface area contributed by atoms with Gasteiger partial charge in [-0.2, -0.15) is 5.10 Å². The quantitative estimate of drug-likeness (QED) is 0.887. The third-order valence-corrected chi connectivity index (χ3v) is 4.13. The van der Waals surface area contributed by atoms with Gasteiger partial charge in [-0.15, -0.1) is 0 Å². The lowest BCUT2D eigenvalue weighted by Gasteiger charge is -2.22. The Morgan fingerprint density at radius 3 is 3.13 bits per heavy atom. The van der Waals surface area contributed by atoms with Crippen LogP contribution in [0.4, 0.5) is 0 Å². The SMILES string of the molecule is Cc1nn(C)c(Oc2cccnc2)c1CNC[C@@H]1CCCOC1. The normalized spacial score (nSPS) is 18.1.